The van der Waals surface area contributed by atoms with E-state index in [1.807, 2.05) is 75.8 Å². The quantitative estimate of drug-likeness (QED) is 0.305. The summed E-state index contributed by atoms with van der Waals surface area (Å²) in [4.78, 5) is 32.1. The molecule has 0 saturated carbocycles. The number of aromatic nitrogens is 4. The number of hydrogen-bond acceptors (Lipinski definition) is 7. The number of fused-ring (bicyclic) bond motifs is 1. The fraction of sp³-hybridized carbons (Fsp3) is 0.214. The molecule has 1 aliphatic rings. The molecule has 1 saturated heterocycles. The molecule has 0 aliphatic carbocycles. The molecule has 1 aliphatic heterocycles. The Labute approximate surface area is 229 Å². The maximum atomic E-state index is 12.8. The molecule has 0 bridgehead atoms. The lowest BCUT2D eigenvalue weighted by Gasteiger charge is -2.34. The number of nitrogens with one attached hydrogen (secondary N) is 1. The molecule has 0 unspecified atom stereocenters. The molecule has 6 rings (SSSR count). The monoisotopic (exact) mass is 543 g/mol. The molecule has 0 spiro atoms. The number of carbonyl (C=O) groups is 1. The molecule has 0 radical (unpaired) electrons. The lowest BCUT2D eigenvalue weighted by atomic mass is 10.2. The van der Waals surface area contributed by atoms with Crippen LogP contribution in [0.5, 0.6) is 0 Å². The number of piperazine rings is 1. The maximum Gasteiger partial charge on any atom is 0.264 e. The van der Waals surface area contributed by atoms with Gasteiger partial charge in [-0.25, -0.2) is 4.98 Å². The van der Waals surface area contributed by atoms with Gasteiger partial charge in [0.1, 0.15) is 0 Å². The van der Waals surface area contributed by atoms with Gasteiger partial charge in [0.15, 0.2) is 17.0 Å². The Bertz CT molecular complexity index is 1550. The predicted molar refractivity (Wildman–Crippen MR) is 152 cm³/mol. The Morgan fingerprint density at radius 2 is 1.74 bits per heavy atom. The van der Waals surface area contributed by atoms with Crippen LogP contribution in [0.4, 0.5) is 11.8 Å². The molecule has 5 aromatic rings. The van der Waals surface area contributed by atoms with Crippen LogP contribution in [0.2, 0.25) is 5.02 Å². The van der Waals surface area contributed by atoms with E-state index in [-0.39, 0.29) is 5.91 Å². The van der Waals surface area contributed by atoms with Gasteiger partial charge < -0.3 is 19.7 Å². The van der Waals surface area contributed by atoms with Crippen LogP contribution in [0.1, 0.15) is 20.8 Å². The Morgan fingerprint density at radius 1 is 0.947 bits per heavy atom. The first-order valence-corrected chi connectivity index (χ1v) is 13.7. The van der Waals surface area contributed by atoms with Crippen LogP contribution in [0.25, 0.3) is 11.2 Å². The zero-order valence-corrected chi connectivity index (χ0v) is 22.2. The Morgan fingerprint density at radius 3 is 2.50 bits per heavy atom. The van der Waals surface area contributed by atoms with E-state index in [1.54, 1.807) is 0 Å². The van der Waals surface area contributed by atoms with Crippen molar-refractivity contribution in [1.29, 1.82) is 0 Å². The van der Waals surface area contributed by atoms with Gasteiger partial charge in [-0.3, -0.25) is 4.79 Å². The van der Waals surface area contributed by atoms with Gasteiger partial charge in [0.25, 0.3) is 5.91 Å². The van der Waals surface area contributed by atoms with Crippen molar-refractivity contribution < 1.29 is 4.79 Å². The molecular formula is C28H26ClN7OS. The molecule has 4 heterocycles. The number of hydrogen-bond donors (Lipinski definition) is 1. The van der Waals surface area contributed by atoms with E-state index in [0.29, 0.717) is 61.6 Å². The number of imidazole rings is 1. The van der Waals surface area contributed by atoms with Crippen molar-refractivity contribution in [3.8, 4) is 0 Å². The van der Waals surface area contributed by atoms with Gasteiger partial charge in [0.05, 0.1) is 17.7 Å². The van der Waals surface area contributed by atoms with Crippen LogP contribution in [0.3, 0.4) is 0 Å². The highest BCUT2D eigenvalue weighted by molar-refractivity contribution is 7.12. The summed E-state index contributed by atoms with van der Waals surface area (Å²) >= 11 is 7.88. The van der Waals surface area contributed by atoms with Crippen molar-refractivity contribution in [1.82, 2.24) is 24.4 Å². The summed E-state index contributed by atoms with van der Waals surface area (Å²) in [5.41, 5.74) is 3.62. The lowest BCUT2D eigenvalue weighted by molar-refractivity contribution is 0.0751. The normalized spacial score (nSPS) is 13.7. The van der Waals surface area contributed by atoms with Gasteiger partial charge in [-0.1, -0.05) is 66.2 Å². The fourth-order valence-corrected chi connectivity index (χ4v) is 5.47. The zero-order valence-electron chi connectivity index (χ0n) is 20.6. The second kappa shape index (κ2) is 10.8. The van der Waals surface area contributed by atoms with E-state index in [2.05, 4.69) is 27.3 Å². The average molecular weight is 544 g/mol. The van der Waals surface area contributed by atoms with Crippen molar-refractivity contribution in [2.45, 2.75) is 13.1 Å². The average Bonchev–Trinajstić information content (AvgIpc) is 3.64. The summed E-state index contributed by atoms with van der Waals surface area (Å²) in [7, 11) is 0. The van der Waals surface area contributed by atoms with Gasteiger partial charge in [-0.15, -0.1) is 11.3 Å². The van der Waals surface area contributed by atoms with Gasteiger partial charge in [0.2, 0.25) is 5.95 Å². The van der Waals surface area contributed by atoms with Crippen molar-refractivity contribution in [3.63, 3.8) is 0 Å². The molecule has 1 fully saturated rings. The van der Waals surface area contributed by atoms with Crippen LogP contribution < -0.4 is 10.2 Å². The van der Waals surface area contributed by atoms with Crippen LogP contribution in [0, 0.1) is 0 Å². The summed E-state index contributed by atoms with van der Waals surface area (Å²) < 4.78 is 2.05. The molecule has 1 N–H and O–H groups in total. The number of amides is 1. The van der Waals surface area contributed by atoms with E-state index in [0.717, 1.165) is 16.1 Å². The second-order valence-corrected chi connectivity index (χ2v) is 10.5. The number of thiophene rings is 1. The van der Waals surface area contributed by atoms with E-state index in [1.165, 1.54) is 16.9 Å². The molecule has 3 aromatic heterocycles. The molecular weight excluding hydrogens is 518 g/mol. The van der Waals surface area contributed by atoms with E-state index < -0.39 is 0 Å². The third-order valence-electron chi connectivity index (χ3n) is 6.63. The van der Waals surface area contributed by atoms with Gasteiger partial charge in [-0.2, -0.15) is 9.97 Å². The molecule has 1 amide bonds. The van der Waals surface area contributed by atoms with Crippen molar-refractivity contribution in [3.05, 3.63) is 99.5 Å². The molecule has 192 valence electrons. The van der Waals surface area contributed by atoms with Crippen LogP contribution in [-0.2, 0) is 13.1 Å². The third kappa shape index (κ3) is 5.07. The summed E-state index contributed by atoms with van der Waals surface area (Å²) in [6, 6.07) is 21.8. The SMILES string of the molecule is O=C(c1cccs1)N1CCN(c2nc(NCc3ccccc3Cl)c3ncn(Cc4ccccc4)c3n2)CC1. The highest BCUT2D eigenvalue weighted by atomic mass is 35.5. The predicted octanol–water partition coefficient (Wildman–Crippen LogP) is 5.16. The van der Waals surface area contributed by atoms with Crippen LogP contribution >= 0.6 is 22.9 Å². The largest absolute Gasteiger partial charge is 0.364 e. The highest BCUT2D eigenvalue weighted by Crippen LogP contribution is 2.26. The number of nitrogens with zero attached hydrogens (tertiary/aromatic N) is 6. The molecule has 8 nitrogen and oxygen atoms in total. The summed E-state index contributed by atoms with van der Waals surface area (Å²) in [5, 5.41) is 6.08. The van der Waals surface area contributed by atoms with Crippen LogP contribution in [-0.4, -0.2) is 56.5 Å². The summed E-state index contributed by atoms with van der Waals surface area (Å²) in [6.45, 7) is 3.70. The molecule has 38 heavy (non-hydrogen) atoms. The summed E-state index contributed by atoms with van der Waals surface area (Å²) in [5.74, 6) is 1.37. The van der Waals surface area contributed by atoms with E-state index in [4.69, 9.17) is 21.6 Å². The first-order chi connectivity index (χ1) is 18.7. The Kier molecular flexibility index (Phi) is 6.94. The maximum absolute atomic E-state index is 12.8. The fourth-order valence-electron chi connectivity index (χ4n) is 4.58. The van der Waals surface area contributed by atoms with E-state index >= 15 is 0 Å². The first-order valence-electron chi connectivity index (χ1n) is 12.5. The standard InChI is InChI=1S/C28H26ClN7OS/c29-22-10-5-4-9-21(22)17-30-25-24-26(36(19-31-24)18-20-7-2-1-3-8-20)33-28(32-25)35-14-12-34(13-15-35)27(37)23-11-6-16-38-23/h1-11,16,19H,12-15,17-18H2,(H,30,32,33). The van der Waals surface area contributed by atoms with Crippen molar-refractivity contribution in [2.24, 2.45) is 0 Å². The van der Waals surface area contributed by atoms with Gasteiger partial charge in [0, 0.05) is 37.7 Å². The Balaban J connectivity index is 1.29. The minimum absolute atomic E-state index is 0.0825. The number of rotatable bonds is 7. The minimum atomic E-state index is 0.0825. The number of halogens is 1. The first kappa shape index (κ1) is 24.4. The smallest absolute Gasteiger partial charge is 0.264 e. The van der Waals surface area contributed by atoms with Crippen molar-refractivity contribution >= 4 is 51.8 Å². The number of benzene rings is 2. The molecule has 10 heteroatoms. The number of carbonyl (C=O) groups excluding carboxylic acids is 1. The second-order valence-electron chi connectivity index (χ2n) is 9.10. The van der Waals surface area contributed by atoms with E-state index in [9.17, 15) is 4.79 Å². The van der Waals surface area contributed by atoms with Gasteiger partial charge >= 0.3 is 0 Å². The number of anilines is 2. The van der Waals surface area contributed by atoms with Crippen molar-refractivity contribution in [2.75, 3.05) is 36.4 Å². The third-order valence-corrected chi connectivity index (χ3v) is 7.86. The zero-order chi connectivity index (χ0) is 25.9. The minimum Gasteiger partial charge on any atom is -0.364 e. The molecule has 2 aromatic carbocycles. The van der Waals surface area contributed by atoms with Crippen LogP contribution in [0.15, 0.2) is 78.4 Å². The molecule has 0 atom stereocenters. The lowest BCUT2D eigenvalue weighted by Crippen LogP contribution is -2.49. The Hall–Kier alpha value is -3.95. The van der Waals surface area contributed by atoms with Gasteiger partial charge in [-0.05, 0) is 28.6 Å². The topological polar surface area (TPSA) is 79.2 Å². The highest BCUT2D eigenvalue weighted by Gasteiger charge is 2.25. The summed E-state index contributed by atoms with van der Waals surface area (Å²) in [6.07, 6.45) is 1.81.